The molecule has 2 atom stereocenters. The number of likely N-dealkylation sites (tertiary alicyclic amines) is 1. The monoisotopic (exact) mass is 426 g/mol. The second kappa shape index (κ2) is 16.0. The maximum atomic E-state index is 6.09. The lowest BCUT2D eigenvalue weighted by Gasteiger charge is -2.31. The Balaban J connectivity index is 1.30. The van der Waals surface area contributed by atoms with Gasteiger partial charge in [-0.25, -0.2) is 0 Å². The molecule has 172 valence electrons. The molecule has 0 aromatic heterocycles. The molecule has 2 heterocycles. The molecule has 2 unspecified atom stereocenters. The summed E-state index contributed by atoms with van der Waals surface area (Å²) in [6.45, 7) is 7.42. The van der Waals surface area contributed by atoms with Crippen molar-refractivity contribution in [2.24, 2.45) is 0 Å². The molecule has 2 aliphatic rings. The van der Waals surface area contributed by atoms with Crippen molar-refractivity contribution in [2.75, 3.05) is 33.3 Å². The summed E-state index contributed by atoms with van der Waals surface area (Å²) in [6, 6.07) is 0. The van der Waals surface area contributed by atoms with Crippen molar-refractivity contribution in [3.05, 3.63) is 0 Å². The van der Waals surface area contributed by atoms with Crippen molar-refractivity contribution in [3.63, 3.8) is 0 Å². The van der Waals surface area contributed by atoms with Crippen molar-refractivity contribution in [2.45, 2.75) is 133 Å². The summed E-state index contributed by atoms with van der Waals surface area (Å²) in [5.74, 6) is 0. The Morgan fingerprint density at radius 2 is 1.21 bits per heavy atom. The molecule has 2 nitrogen and oxygen atoms in total. The Bertz CT molecular complexity index is 383. The van der Waals surface area contributed by atoms with E-state index in [2.05, 4.69) is 25.7 Å². The molecule has 2 rings (SSSR count). The zero-order valence-corrected chi connectivity index (χ0v) is 20.8. The number of ether oxygens (including phenoxy) is 1. The minimum absolute atomic E-state index is 0.496. The Morgan fingerprint density at radius 1 is 0.724 bits per heavy atom. The molecule has 0 N–H and O–H groups in total. The third-order valence-electron chi connectivity index (χ3n) is 7.15. The Morgan fingerprint density at radius 3 is 1.72 bits per heavy atom. The lowest BCUT2D eigenvalue weighted by molar-refractivity contribution is -0.897. The van der Waals surface area contributed by atoms with Gasteiger partial charge in [0.15, 0.2) is 0 Å². The molecule has 0 aliphatic carbocycles. The van der Waals surface area contributed by atoms with Gasteiger partial charge in [0.05, 0.1) is 38.5 Å². The lowest BCUT2D eigenvalue weighted by atomic mass is 10.0. The Labute approximate surface area is 187 Å². The van der Waals surface area contributed by atoms with Crippen molar-refractivity contribution >= 4 is 11.8 Å². The van der Waals surface area contributed by atoms with E-state index in [9.17, 15) is 0 Å². The molecule has 0 saturated carbocycles. The standard InChI is InChI=1S/C26H52NOS/c1-3-4-5-6-7-8-9-10-11-12-13-14-15-16-17-20-26-28-24-25(29-26)23-27(2)21-18-19-22-27/h25-26H,3-24H2,1-2H3/q+1. The zero-order valence-electron chi connectivity index (χ0n) is 20.0. The average molecular weight is 427 g/mol. The predicted octanol–water partition coefficient (Wildman–Crippen LogP) is 7.95. The van der Waals surface area contributed by atoms with Crippen LogP contribution < -0.4 is 0 Å². The van der Waals surface area contributed by atoms with Gasteiger partial charge in [0.2, 0.25) is 0 Å². The van der Waals surface area contributed by atoms with E-state index in [-0.39, 0.29) is 0 Å². The summed E-state index contributed by atoms with van der Waals surface area (Å²) in [5.41, 5.74) is 0.496. The average Bonchev–Trinajstić information content (AvgIpc) is 3.34. The van der Waals surface area contributed by atoms with Gasteiger partial charge in [0.25, 0.3) is 0 Å². The van der Waals surface area contributed by atoms with Crippen LogP contribution in [0.2, 0.25) is 0 Å². The fraction of sp³-hybridized carbons (Fsp3) is 1.00. The van der Waals surface area contributed by atoms with Crippen molar-refractivity contribution in [1.82, 2.24) is 0 Å². The van der Waals surface area contributed by atoms with Gasteiger partial charge in [0, 0.05) is 12.8 Å². The summed E-state index contributed by atoms with van der Waals surface area (Å²) in [6.07, 6.45) is 25.8. The highest BCUT2D eigenvalue weighted by atomic mass is 32.2. The highest BCUT2D eigenvalue weighted by Gasteiger charge is 2.35. The first-order valence-corrected chi connectivity index (χ1v) is 14.3. The van der Waals surface area contributed by atoms with E-state index in [1.807, 2.05) is 0 Å². The topological polar surface area (TPSA) is 9.23 Å². The van der Waals surface area contributed by atoms with Gasteiger partial charge in [0.1, 0.15) is 5.44 Å². The van der Waals surface area contributed by atoms with Gasteiger partial charge in [-0.15, -0.1) is 11.8 Å². The molecular weight excluding hydrogens is 374 g/mol. The molecule has 2 aliphatic heterocycles. The van der Waals surface area contributed by atoms with E-state index in [4.69, 9.17) is 4.74 Å². The van der Waals surface area contributed by atoms with Crippen LogP contribution in [0.1, 0.15) is 122 Å². The van der Waals surface area contributed by atoms with Gasteiger partial charge in [-0.05, 0) is 12.8 Å². The van der Waals surface area contributed by atoms with Gasteiger partial charge in [-0.3, -0.25) is 0 Å². The number of thioether (sulfide) groups is 1. The van der Waals surface area contributed by atoms with Crippen LogP contribution in [0.4, 0.5) is 0 Å². The maximum absolute atomic E-state index is 6.09. The minimum atomic E-state index is 0.496. The van der Waals surface area contributed by atoms with Crippen LogP contribution in [-0.4, -0.2) is 48.5 Å². The number of quaternary nitrogens is 1. The first kappa shape index (κ1) is 25.5. The first-order valence-electron chi connectivity index (χ1n) is 13.3. The van der Waals surface area contributed by atoms with Crippen molar-refractivity contribution in [1.29, 1.82) is 0 Å². The normalized spacial score (nSPS) is 23.8. The summed E-state index contributed by atoms with van der Waals surface area (Å²) in [7, 11) is 2.45. The van der Waals surface area contributed by atoms with Crippen molar-refractivity contribution < 1.29 is 9.22 Å². The molecule has 0 spiro atoms. The van der Waals surface area contributed by atoms with Gasteiger partial charge in [-0.1, -0.05) is 96.8 Å². The highest BCUT2D eigenvalue weighted by molar-refractivity contribution is 8.00. The van der Waals surface area contributed by atoms with E-state index < -0.39 is 0 Å². The zero-order chi connectivity index (χ0) is 20.6. The second-order valence-electron chi connectivity index (χ2n) is 10.2. The quantitative estimate of drug-likeness (QED) is 0.162. The minimum Gasteiger partial charge on any atom is -0.366 e. The third-order valence-corrected chi connectivity index (χ3v) is 8.49. The largest absolute Gasteiger partial charge is 0.366 e. The van der Waals surface area contributed by atoms with Crippen LogP contribution in [0.3, 0.4) is 0 Å². The molecule has 2 fully saturated rings. The first-order chi connectivity index (χ1) is 14.2. The molecule has 0 amide bonds. The SMILES string of the molecule is CCCCCCCCCCCCCCCCCC1OCC(C[N+]2(C)CCCC2)S1. The van der Waals surface area contributed by atoms with E-state index in [0.29, 0.717) is 5.44 Å². The van der Waals surface area contributed by atoms with Crippen molar-refractivity contribution in [3.8, 4) is 0 Å². The number of unbranched alkanes of at least 4 members (excludes halogenated alkanes) is 14. The van der Waals surface area contributed by atoms with Crippen LogP contribution in [0.15, 0.2) is 0 Å². The molecule has 29 heavy (non-hydrogen) atoms. The summed E-state index contributed by atoms with van der Waals surface area (Å²) < 4.78 is 7.39. The number of nitrogens with zero attached hydrogens (tertiary/aromatic N) is 1. The Kier molecular flexibility index (Phi) is 14.1. The molecule has 0 aromatic carbocycles. The number of hydrogen-bond donors (Lipinski definition) is 0. The molecule has 0 radical (unpaired) electrons. The van der Waals surface area contributed by atoms with Crippen LogP contribution in [0.25, 0.3) is 0 Å². The maximum Gasteiger partial charge on any atom is 0.103 e. The summed E-state index contributed by atoms with van der Waals surface area (Å²) in [5, 5.41) is 0.749. The van der Waals surface area contributed by atoms with Gasteiger partial charge < -0.3 is 9.22 Å². The number of rotatable bonds is 18. The smallest absolute Gasteiger partial charge is 0.103 e. The van der Waals surface area contributed by atoms with Crippen LogP contribution in [-0.2, 0) is 4.74 Å². The predicted molar refractivity (Wildman–Crippen MR) is 131 cm³/mol. The molecular formula is C26H52NOS+. The fourth-order valence-electron chi connectivity index (χ4n) is 5.21. The lowest BCUT2D eigenvalue weighted by Crippen LogP contribution is -2.45. The van der Waals surface area contributed by atoms with E-state index in [1.54, 1.807) is 0 Å². The number of hydrogen-bond acceptors (Lipinski definition) is 2. The van der Waals surface area contributed by atoms with Gasteiger partial charge in [-0.2, -0.15) is 0 Å². The van der Waals surface area contributed by atoms with E-state index >= 15 is 0 Å². The second-order valence-corrected chi connectivity index (χ2v) is 11.7. The van der Waals surface area contributed by atoms with E-state index in [0.717, 1.165) is 11.9 Å². The molecule has 0 aromatic rings. The molecule has 0 bridgehead atoms. The molecule has 3 heteroatoms. The van der Waals surface area contributed by atoms with Gasteiger partial charge >= 0.3 is 0 Å². The fourth-order valence-corrected chi connectivity index (χ4v) is 6.70. The Hall–Kier alpha value is 0.270. The van der Waals surface area contributed by atoms with Crippen LogP contribution >= 0.6 is 11.8 Å². The van der Waals surface area contributed by atoms with Crippen LogP contribution in [0.5, 0.6) is 0 Å². The summed E-state index contributed by atoms with van der Waals surface area (Å²) >= 11 is 2.14. The summed E-state index contributed by atoms with van der Waals surface area (Å²) in [4.78, 5) is 0. The van der Waals surface area contributed by atoms with Crippen LogP contribution in [0, 0.1) is 0 Å². The third kappa shape index (κ3) is 12.0. The van der Waals surface area contributed by atoms with E-state index in [1.165, 1.54) is 140 Å². The molecule has 2 saturated heterocycles. The highest BCUT2D eigenvalue weighted by Crippen LogP contribution is 2.33.